The van der Waals surface area contributed by atoms with Gasteiger partial charge in [-0.2, -0.15) is 0 Å². The molecule has 0 atom stereocenters. The Hall–Kier alpha value is -2.02. The van der Waals surface area contributed by atoms with Crippen molar-refractivity contribution in [2.45, 2.75) is 33.2 Å². The molecule has 1 aliphatic heterocycles. The average molecular weight is 291 g/mol. The summed E-state index contributed by atoms with van der Waals surface area (Å²) in [4.78, 5) is 28.9. The number of hydrogen-bond acceptors (Lipinski definition) is 6. The van der Waals surface area contributed by atoms with Gasteiger partial charge in [0.15, 0.2) is 0 Å². The number of nitrogens with zero attached hydrogens (tertiary/aromatic N) is 3. The molecule has 7 heteroatoms. The molecule has 6 nitrogen and oxygen atoms in total. The lowest BCUT2D eigenvalue weighted by Gasteiger charge is -2.10. The topological polar surface area (TPSA) is 76.3 Å². The lowest BCUT2D eigenvalue weighted by atomic mass is 10.1. The average Bonchev–Trinajstić information content (AvgIpc) is 3.07. The standard InChI is InChI=1S/C13H13N3O3S/c1-7-13(8(2)19-15-7)9-6-20-10(14-9)5-16-11(17)3-4-12(16)18/h6H,3-5H2,1-2H3. The first-order valence-corrected chi connectivity index (χ1v) is 7.15. The highest BCUT2D eigenvalue weighted by atomic mass is 32.1. The zero-order valence-corrected chi connectivity index (χ0v) is 12.0. The van der Waals surface area contributed by atoms with Crippen LogP contribution in [-0.4, -0.2) is 26.9 Å². The first kappa shape index (κ1) is 13.0. The van der Waals surface area contributed by atoms with Gasteiger partial charge in [0.1, 0.15) is 10.8 Å². The lowest BCUT2D eigenvalue weighted by molar-refractivity contribution is -0.139. The number of rotatable bonds is 3. The van der Waals surface area contributed by atoms with Crippen LogP contribution in [0.1, 0.15) is 29.3 Å². The molecular weight excluding hydrogens is 278 g/mol. The third kappa shape index (κ3) is 2.14. The van der Waals surface area contributed by atoms with Crippen LogP contribution in [0.15, 0.2) is 9.90 Å². The molecule has 2 aromatic rings. The second kappa shape index (κ2) is 4.82. The van der Waals surface area contributed by atoms with Gasteiger partial charge in [-0.3, -0.25) is 14.5 Å². The minimum absolute atomic E-state index is 0.121. The van der Waals surface area contributed by atoms with E-state index >= 15 is 0 Å². The van der Waals surface area contributed by atoms with Crippen molar-refractivity contribution in [3.05, 3.63) is 21.8 Å². The highest BCUT2D eigenvalue weighted by molar-refractivity contribution is 7.09. The van der Waals surface area contributed by atoms with Crippen LogP contribution in [0.5, 0.6) is 0 Å². The summed E-state index contributed by atoms with van der Waals surface area (Å²) in [5.41, 5.74) is 2.44. The number of likely N-dealkylation sites (tertiary alicyclic amines) is 1. The Kier molecular flexibility index (Phi) is 3.13. The van der Waals surface area contributed by atoms with Gasteiger partial charge < -0.3 is 4.52 Å². The Morgan fingerprint density at radius 2 is 2.00 bits per heavy atom. The van der Waals surface area contributed by atoms with Crippen LogP contribution in [0.3, 0.4) is 0 Å². The Morgan fingerprint density at radius 1 is 1.30 bits per heavy atom. The Labute approximate surface area is 119 Å². The molecule has 2 amide bonds. The summed E-state index contributed by atoms with van der Waals surface area (Å²) >= 11 is 1.43. The number of amides is 2. The van der Waals surface area contributed by atoms with E-state index in [-0.39, 0.29) is 18.4 Å². The van der Waals surface area contributed by atoms with E-state index in [4.69, 9.17) is 4.52 Å². The largest absolute Gasteiger partial charge is 0.361 e. The second-order valence-corrected chi connectivity index (χ2v) is 5.64. The normalized spacial score (nSPS) is 15.4. The van der Waals surface area contributed by atoms with E-state index < -0.39 is 0 Å². The summed E-state index contributed by atoms with van der Waals surface area (Å²) < 4.78 is 5.12. The predicted octanol–water partition coefficient (Wildman–Crippen LogP) is 2.06. The van der Waals surface area contributed by atoms with Crippen molar-refractivity contribution >= 4 is 23.2 Å². The summed E-state index contributed by atoms with van der Waals surface area (Å²) in [6.45, 7) is 3.95. The summed E-state index contributed by atoms with van der Waals surface area (Å²) in [7, 11) is 0. The number of carbonyl (C=O) groups excluding carboxylic acids is 2. The van der Waals surface area contributed by atoms with Crippen LogP contribution in [0.4, 0.5) is 0 Å². The smallest absolute Gasteiger partial charge is 0.230 e. The van der Waals surface area contributed by atoms with Crippen LogP contribution in [0.2, 0.25) is 0 Å². The van der Waals surface area contributed by atoms with Crippen LogP contribution < -0.4 is 0 Å². The van der Waals surface area contributed by atoms with E-state index in [9.17, 15) is 9.59 Å². The molecule has 2 aromatic heterocycles. The highest BCUT2D eigenvalue weighted by Crippen LogP contribution is 2.29. The van der Waals surface area contributed by atoms with E-state index in [1.54, 1.807) is 0 Å². The molecule has 1 saturated heterocycles. The summed E-state index contributed by atoms with van der Waals surface area (Å²) in [6, 6.07) is 0. The van der Waals surface area contributed by atoms with E-state index in [1.165, 1.54) is 16.2 Å². The fraction of sp³-hybridized carbons (Fsp3) is 0.385. The maximum atomic E-state index is 11.6. The predicted molar refractivity (Wildman–Crippen MR) is 71.9 cm³/mol. The van der Waals surface area contributed by atoms with Gasteiger partial charge in [0.05, 0.1) is 23.5 Å². The molecule has 1 aliphatic rings. The fourth-order valence-electron chi connectivity index (χ4n) is 2.28. The van der Waals surface area contributed by atoms with Crippen molar-refractivity contribution in [2.24, 2.45) is 0 Å². The fourth-order valence-corrected chi connectivity index (χ4v) is 3.05. The van der Waals surface area contributed by atoms with Gasteiger partial charge in [0.2, 0.25) is 11.8 Å². The van der Waals surface area contributed by atoms with Crippen LogP contribution in [-0.2, 0) is 16.1 Å². The molecule has 0 aliphatic carbocycles. The zero-order chi connectivity index (χ0) is 14.3. The Bertz CT molecular complexity index is 653. The van der Waals surface area contributed by atoms with Crippen molar-refractivity contribution < 1.29 is 14.1 Å². The molecular formula is C13H13N3O3S. The number of aryl methyl sites for hydroxylation is 2. The molecule has 3 heterocycles. The molecule has 104 valence electrons. The third-order valence-corrected chi connectivity index (χ3v) is 4.12. The second-order valence-electron chi connectivity index (χ2n) is 4.70. The first-order valence-electron chi connectivity index (χ1n) is 6.27. The highest BCUT2D eigenvalue weighted by Gasteiger charge is 2.29. The molecule has 0 unspecified atom stereocenters. The molecule has 0 N–H and O–H groups in total. The van der Waals surface area contributed by atoms with Crippen LogP contribution >= 0.6 is 11.3 Å². The van der Waals surface area contributed by atoms with Crippen molar-refractivity contribution in [3.63, 3.8) is 0 Å². The number of hydrogen-bond donors (Lipinski definition) is 0. The molecule has 0 aromatic carbocycles. The van der Waals surface area contributed by atoms with Gasteiger partial charge in [-0.25, -0.2) is 4.98 Å². The summed E-state index contributed by atoms with van der Waals surface area (Å²) in [5.74, 6) is 0.473. The minimum Gasteiger partial charge on any atom is -0.361 e. The van der Waals surface area contributed by atoms with E-state index in [2.05, 4.69) is 10.1 Å². The van der Waals surface area contributed by atoms with Gasteiger partial charge in [-0.1, -0.05) is 5.16 Å². The third-order valence-electron chi connectivity index (χ3n) is 3.29. The van der Waals surface area contributed by atoms with Gasteiger partial charge in [-0.15, -0.1) is 11.3 Å². The Morgan fingerprint density at radius 3 is 2.60 bits per heavy atom. The van der Waals surface area contributed by atoms with Crippen molar-refractivity contribution in [1.29, 1.82) is 0 Å². The minimum atomic E-state index is -0.121. The lowest BCUT2D eigenvalue weighted by Crippen LogP contribution is -2.28. The van der Waals surface area contributed by atoms with Gasteiger partial charge in [0.25, 0.3) is 0 Å². The number of carbonyl (C=O) groups is 2. The van der Waals surface area contributed by atoms with Crippen LogP contribution in [0, 0.1) is 13.8 Å². The molecule has 0 spiro atoms. The van der Waals surface area contributed by atoms with Gasteiger partial charge >= 0.3 is 0 Å². The zero-order valence-electron chi connectivity index (χ0n) is 11.2. The first-order chi connectivity index (χ1) is 9.56. The molecule has 20 heavy (non-hydrogen) atoms. The molecule has 1 fully saturated rings. The SMILES string of the molecule is Cc1noc(C)c1-c1csc(CN2C(=O)CCC2=O)n1. The van der Waals surface area contributed by atoms with Crippen LogP contribution in [0.25, 0.3) is 11.3 Å². The maximum Gasteiger partial charge on any atom is 0.230 e. The molecule has 0 saturated carbocycles. The molecule has 0 radical (unpaired) electrons. The summed E-state index contributed by atoms with van der Waals surface area (Å²) in [5, 5.41) is 6.54. The Balaban J connectivity index is 1.84. The van der Waals surface area contributed by atoms with Gasteiger partial charge in [0, 0.05) is 18.2 Å². The van der Waals surface area contributed by atoms with Crippen molar-refractivity contribution in [2.75, 3.05) is 0 Å². The number of thiazole rings is 1. The molecule has 0 bridgehead atoms. The van der Waals surface area contributed by atoms with E-state index in [1.807, 2.05) is 19.2 Å². The number of aromatic nitrogens is 2. The maximum absolute atomic E-state index is 11.6. The van der Waals surface area contributed by atoms with Gasteiger partial charge in [-0.05, 0) is 13.8 Å². The van der Waals surface area contributed by atoms with Crippen molar-refractivity contribution in [1.82, 2.24) is 15.0 Å². The number of imide groups is 1. The van der Waals surface area contributed by atoms with E-state index in [0.717, 1.165) is 22.0 Å². The quantitative estimate of drug-likeness (QED) is 0.809. The monoisotopic (exact) mass is 291 g/mol. The van der Waals surface area contributed by atoms with E-state index in [0.29, 0.717) is 18.6 Å². The summed E-state index contributed by atoms with van der Waals surface area (Å²) in [6.07, 6.45) is 0.613. The molecule has 3 rings (SSSR count). The van der Waals surface area contributed by atoms with Crippen molar-refractivity contribution in [3.8, 4) is 11.3 Å².